The maximum atomic E-state index is 12.3. The Balaban J connectivity index is 0.000000402. The number of rotatable bonds is 13. The van der Waals surface area contributed by atoms with E-state index in [-0.39, 0.29) is 29.6 Å². The first-order valence-corrected chi connectivity index (χ1v) is 15.9. The van der Waals surface area contributed by atoms with Crippen LogP contribution in [-0.4, -0.2) is 81.3 Å². The topological polar surface area (TPSA) is 124 Å². The minimum Gasteiger partial charge on any atom is -0.467 e. The van der Waals surface area contributed by atoms with Gasteiger partial charge in [0.25, 0.3) is 0 Å². The highest BCUT2D eigenvalue weighted by Crippen LogP contribution is 2.27. The fraction of sp³-hybridized carbons (Fsp3) is 0.625. The number of hydrogen-bond donors (Lipinski definition) is 2. The van der Waals surface area contributed by atoms with Crippen LogP contribution in [0, 0.1) is 11.8 Å². The van der Waals surface area contributed by atoms with Gasteiger partial charge in [0.15, 0.2) is 0 Å². The molecule has 2 fully saturated rings. The molecule has 2 aliphatic rings. The monoisotopic (exact) mass is 653 g/mol. The van der Waals surface area contributed by atoms with E-state index in [1.807, 2.05) is 13.0 Å². The summed E-state index contributed by atoms with van der Waals surface area (Å²) in [7, 11) is 1.49. The molecule has 2 aromatic rings. The molecule has 0 saturated carbocycles. The second-order valence-corrected chi connectivity index (χ2v) is 11.2. The summed E-state index contributed by atoms with van der Waals surface area (Å²) < 4.78 is 56.0. The number of anilines is 2. The third-order valence-electron chi connectivity index (χ3n) is 7.51. The third kappa shape index (κ3) is 13.7. The molecule has 0 radical (unpaired) electrons. The highest BCUT2D eigenvalue weighted by Gasteiger charge is 2.31. The number of hydrogen-bond acceptors (Lipinski definition) is 11. The highest BCUT2D eigenvalue weighted by molar-refractivity contribution is 5.70. The average molecular weight is 654 g/mol. The van der Waals surface area contributed by atoms with Crippen LogP contribution in [0.1, 0.15) is 57.9 Å². The molecule has 4 rings (SSSR count). The Morgan fingerprint density at radius 2 is 1.67 bits per heavy atom. The van der Waals surface area contributed by atoms with Gasteiger partial charge in [0.05, 0.1) is 26.7 Å². The van der Waals surface area contributed by atoms with E-state index in [1.165, 1.54) is 25.7 Å². The van der Waals surface area contributed by atoms with E-state index in [1.54, 1.807) is 19.1 Å². The van der Waals surface area contributed by atoms with Crippen molar-refractivity contribution in [2.45, 2.75) is 65.2 Å². The summed E-state index contributed by atoms with van der Waals surface area (Å²) in [5.74, 6) is 1.48. The highest BCUT2D eigenvalue weighted by atomic mass is 19.4. The SMILES string of the molecule is CCOC(=O)C[C@@H]1CCCN(c2cc(NCCc3ccc(OC(F)(F)F)cc3)nc(OC)n2)C1.CCOC(=O)C[C@@H]1CCCNC1. The van der Waals surface area contributed by atoms with Crippen LogP contribution in [0.4, 0.5) is 24.8 Å². The third-order valence-corrected chi connectivity index (χ3v) is 7.51. The first-order chi connectivity index (χ1) is 22.1. The second kappa shape index (κ2) is 19.0. The summed E-state index contributed by atoms with van der Waals surface area (Å²) in [6.07, 6.45) is 1.06. The number of piperidine rings is 2. The van der Waals surface area contributed by atoms with Crippen molar-refractivity contribution in [3.8, 4) is 11.8 Å². The Hall–Kier alpha value is -3.81. The molecule has 2 aliphatic heterocycles. The number of aromatic nitrogens is 2. The number of methoxy groups -OCH3 is 1. The zero-order valence-corrected chi connectivity index (χ0v) is 26.9. The molecule has 0 bridgehead atoms. The van der Waals surface area contributed by atoms with Gasteiger partial charge in [0.1, 0.15) is 17.4 Å². The standard InChI is InChI=1S/C23H29F3N4O4.C9H17NO2/c1-3-33-21(31)13-17-5-4-12-30(15-17)20-14-19(28-22(29-20)32-2)27-11-10-16-6-8-18(9-7-16)34-23(24,25)26;1-2-12-9(11)6-8-4-3-5-10-7-8/h6-9,14,17H,3-5,10-13,15H2,1-2H3,(H,27,28,29);8,10H,2-7H2,1H3/t17-;8-/m00/s1. The van der Waals surface area contributed by atoms with Gasteiger partial charge < -0.3 is 34.5 Å². The van der Waals surface area contributed by atoms with E-state index in [0.717, 1.165) is 44.5 Å². The van der Waals surface area contributed by atoms with Crippen LogP contribution in [-0.2, 0) is 25.5 Å². The number of nitrogens with one attached hydrogen (secondary N) is 2. The Kier molecular flexibility index (Phi) is 15.1. The first kappa shape index (κ1) is 36.7. The van der Waals surface area contributed by atoms with E-state index in [2.05, 4.69) is 30.2 Å². The normalized spacial score (nSPS) is 18.1. The molecule has 2 atom stereocenters. The molecule has 0 aliphatic carbocycles. The van der Waals surface area contributed by atoms with Gasteiger partial charge in [0, 0.05) is 32.1 Å². The van der Waals surface area contributed by atoms with Crippen molar-refractivity contribution in [1.82, 2.24) is 15.3 Å². The number of ether oxygens (including phenoxy) is 4. The number of carbonyl (C=O) groups is 2. The molecule has 46 heavy (non-hydrogen) atoms. The Bertz CT molecular complexity index is 1210. The summed E-state index contributed by atoms with van der Waals surface area (Å²) in [6, 6.07) is 7.81. The van der Waals surface area contributed by atoms with Crippen LogP contribution < -0.4 is 25.0 Å². The lowest BCUT2D eigenvalue weighted by molar-refractivity contribution is -0.274. The van der Waals surface area contributed by atoms with Crippen molar-refractivity contribution in [2.75, 3.05) is 63.3 Å². The molecule has 11 nitrogen and oxygen atoms in total. The predicted octanol–water partition coefficient (Wildman–Crippen LogP) is 5.15. The van der Waals surface area contributed by atoms with Gasteiger partial charge >= 0.3 is 24.3 Å². The maximum Gasteiger partial charge on any atom is 0.573 e. The van der Waals surface area contributed by atoms with Crippen molar-refractivity contribution < 1.29 is 41.7 Å². The van der Waals surface area contributed by atoms with Crippen molar-refractivity contribution in [2.24, 2.45) is 11.8 Å². The van der Waals surface area contributed by atoms with E-state index in [0.29, 0.717) is 63.1 Å². The van der Waals surface area contributed by atoms with Gasteiger partial charge in [-0.15, -0.1) is 13.2 Å². The summed E-state index contributed by atoms with van der Waals surface area (Å²) in [4.78, 5) is 33.8. The van der Waals surface area contributed by atoms with E-state index in [9.17, 15) is 22.8 Å². The summed E-state index contributed by atoms with van der Waals surface area (Å²) in [5.41, 5.74) is 0.848. The minimum atomic E-state index is -4.71. The number of nitrogens with zero attached hydrogens (tertiary/aromatic N) is 3. The zero-order chi connectivity index (χ0) is 33.4. The van der Waals surface area contributed by atoms with Crippen molar-refractivity contribution in [1.29, 1.82) is 0 Å². The van der Waals surface area contributed by atoms with Gasteiger partial charge in [0.2, 0.25) is 0 Å². The predicted molar refractivity (Wildman–Crippen MR) is 167 cm³/mol. The number of alkyl halides is 3. The molecule has 0 unspecified atom stereocenters. The van der Waals surface area contributed by atoms with Gasteiger partial charge in [-0.25, -0.2) is 0 Å². The van der Waals surface area contributed by atoms with Crippen LogP contribution in [0.15, 0.2) is 30.3 Å². The lowest BCUT2D eigenvalue weighted by atomic mass is 9.95. The molecule has 256 valence electrons. The molecule has 14 heteroatoms. The quantitative estimate of drug-likeness (QED) is 0.279. The molecule has 0 spiro atoms. The lowest BCUT2D eigenvalue weighted by Gasteiger charge is -2.33. The fourth-order valence-electron chi connectivity index (χ4n) is 5.40. The number of esters is 2. The number of benzene rings is 1. The number of halogens is 3. The van der Waals surface area contributed by atoms with E-state index < -0.39 is 6.36 Å². The second-order valence-electron chi connectivity index (χ2n) is 11.2. The lowest BCUT2D eigenvalue weighted by Crippen LogP contribution is -2.37. The van der Waals surface area contributed by atoms with Crippen molar-refractivity contribution in [3.05, 3.63) is 35.9 Å². The van der Waals surface area contributed by atoms with Gasteiger partial charge in [-0.05, 0) is 88.6 Å². The molecule has 0 amide bonds. The van der Waals surface area contributed by atoms with Gasteiger partial charge in [-0.3, -0.25) is 9.59 Å². The molecule has 1 aromatic heterocycles. The van der Waals surface area contributed by atoms with Crippen LogP contribution in [0.5, 0.6) is 11.8 Å². The van der Waals surface area contributed by atoms with Crippen LogP contribution in [0.3, 0.4) is 0 Å². The Morgan fingerprint density at radius 3 is 2.28 bits per heavy atom. The molecular weight excluding hydrogens is 607 g/mol. The van der Waals surface area contributed by atoms with Crippen LogP contribution >= 0.6 is 0 Å². The molecule has 3 heterocycles. The summed E-state index contributed by atoms with van der Waals surface area (Å²) >= 11 is 0. The zero-order valence-electron chi connectivity index (χ0n) is 26.9. The van der Waals surface area contributed by atoms with Gasteiger partial charge in [-0.2, -0.15) is 9.97 Å². The minimum absolute atomic E-state index is 0.0498. The molecular formula is C32H46F3N5O6. The molecule has 1 aromatic carbocycles. The van der Waals surface area contributed by atoms with Crippen LogP contribution in [0.25, 0.3) is 0 Å². The van der Waals surface area contributed by atoms with Crippen LogP contribution in [0.2, 0.25) is 0 Å². The average Bonchev–Trinajstić information content (AvgIpc) is 3.02. The van der Waals surface area contributed by atoms with Gasteiger partial charge in [-0.1, -0.05) is 12.1 Å². The largest absolute Gasteiger partial charge is 0.573 e. The number of carbonyl (C=O) groups excluding carboxylic acids is 2. The Morgan fingerprint density at radius 1 is 1.00 bits per heavy atom. The Labute approximate surface area is 268 Å². The van der Waals surface area contributed by atoms with E-state index in [4.69, 9.17) is 14.2 Å². The fourth-order valence-corrected chi connectivity index (χ4v) is 5.40. The molecule has 2 saturated heterocycles. The maximum absolute atomic E-state index is 12.3. The summed E-state index contributed by atoms with van der Waals surface area (Å²) in [6.45, 7) is 8.58. The van der Waals surface area contributed by atoms with Crippen molar-refractivity contribution >= 4 is 23.6 Å². The van der Waals surface area contributed by atoms with Crippen molar-refractivity contribution in [3.63, 3.8) is 0 Å². The summed E-state index contributed by atoms with van der Waals surface area (Å²) in [5, 5.41) is 6.49. The molecule has 2 N–H and O–H groups in total. The first-order valence-electron chi connectivity index (χ1n) is 15.9. The smallest absolute Gasteiger partial charge is 0.467 e. The van der Waals surface area contributed by atoms with E-state index >= 15 is 0 Å².